The highest BCUT2D eigenvalue weighted by molar-refractivity contribution is 6.31. The second-order valence-electron chi connectivity index (χ2n) is 10.3. The van der Waals surface area contributed by atoms with Gasteiger partial charge in [-0.3, -0.25) is 23.6 Å². The molecule has 0 spiro atoms. The number of anilines is 2. The number of benzene rings is 4. The fraction of sp³-hybridized carbons (Fsp3) is 0.125. The van der Waals surface area contributed by atoms with Gasteiger partial charge in [0.2, 0.25) is 11.6 Å². The molecule has 2 N–H and O–H groups in total. The number of amides is 2. The number of alkyl halides is 3. The first-order chi connectivity index (χ1) is 21.5. The largest absolute Gasteiger partial charge is 0.416 e. The molecule has 4 aromatic carbocycles. The van der Waals surface area contributed by atoms with E-state index in [2.05, 4.69) is 9.97 Å². The molecule has 0 aliphatic heterocycles. The van der Waals surface area contributed by atoms with Gasteiger partial charge in [-0.25, -0.2) is 14.4 Å². The lowest BCUT2D eigenvalue weighted by Gasteiger charge is -2.40. The highest BCUT2D eigenvalue weighted by Crippen LogP contribution is 2.41. The monoisotopic (exact) mass is 634 g/mol. The minimum absolute atomic E-state index is 0.0250. The van der Waals surface area contributed by atoms with E-state index in [9.17, 15) is 22.4 Å². The number of para-hydroxylation sites is 4. The topological polar surface area (TPSA) is 99.0 Å². The predicted molar refractivity (Wildman–Crippen MR) is 161 cm³/mol. The van der Waals surface area contributed by atoms with Gasteiger partial charge in [0.25, 0.3) is 5.91 Å². The fourth-order valence-corrected chi connectivity index (χ4v) is 5.66. The van der Waals surface area contributed by atoms with Crippen LogP contribution in [-0.4, -0.2) is 30.9 Å². The number of fused-ring (bicyclic) bond motifs is 2. The Labute approximate surface area is 258 Å². The predicted octanol–water partition coefficient (Wildman–Crippen LogP) is 7.03. The number of imidazole rings is 2. The molecule has 2 amide bonds. The highest BCUT2D eigenvalue weighted by Gasteiger charge is 2.48. The van der Waals surface area contributed by atoms with Crippen molar-refractivity contribution in [3.63, 3.8) is 0 Å². The summed E-state index contributed by atoms with van der Waals surface area (Å²) < 4.78 is 59.3. The molecule has 0 radical (unpaired) electrons. The maximum atomic E-state index is 15.5. The number of carbonyl (C=O) groups is 2. The third-order valence-corrected chi connectivity index (χ3v) is 7.85. The Kier molecular flexibility index (Phi) is 7.53. The minimum atomic E-state index is -4.74. The third kappa shape index (κ3) is 5.27. The number of halogens is 5. The maximum Gasteiger partial charge on any atom is 0.416 e. The number of aromatic nitrogens is 4. The van der Waals surface area contributed by atoms with Gasteiger partial charge in [-0.05, 0) is 60.7 Å². The molecule has 2 aromatic heterocycles. The van der Waals surface area contributed by atoms with Crippen molar-refractivity contribution in [2.24, 2.45) is 5.73 Å². The van der Waals surface area contributed by atoms with Crippen LogP contribution < -0.4 is 10.6 Å². The molecule has 45 heavy (non-hydrogen) atoms. The number of primary amides is 1. The van der Waals surface area contributed by atoms with E-state index in [-0.39, 0.29) is 29.2 Å². The average Bonchev–Trinajstić information content (AvgIpc) is 3.65. The lowest BCUT2D eigenvalue weighted by Crippen LogP contribution is -2.54. The van der Waals surface area contributed by atoms with E-state index in [0.29, 0.717) is 22.1 Å². The SMILES string of the molecule is NC(=O)CCC(C(=O)N(c1cccc(C(F)(F)F)c1)c1ccc(F)c(Cl)c1)(n1cnc2ccccc21)n1cnc2ccccc21. The summed E-state index contributed by atoms with van der Waals surface area (Å²) in [5.41, 5.74) is 4.45. The Hall–Kier alpha value is -5.23. The lowest BCUT2D eigenvalue weighted by molar-refractivity contribution is -0.137. The van der Waals surface area contributed by atoms with Crippen molar-refractivity contribution in [3.8, 4) is 0 Å². The molecule has 0 atom stereocenters. The van der Waals surface area contributed by atoms with Crippen LogP contribution in [0.5, 0.6) is 0 Å². The van der Waals surface area contributed by atoms with E-state index in [0.717, 1.165) is 35.2 Å². The number of carbonyl (C=O) groups excluding carboxylic acids is 2. The van der Waals surface area contributed by atoms with Crippen LogP contribution in [0.1, 0.15) is 18.4 Å². The molecule has 0 fully saturated rings. The molecule has 228 valence electrons. The molecule has 13 heteroatoms. The molecule has 8 nitrogen and oxygen atoms in total. The van der Waals surface area contributed by atoms with E-state index in [1.807, 2.05) is 0 Å². The zero-order valence-electron chi connectivity index (χ0n) is 23.2. The average molecular weight is 635 g/mol. The minimum Gasteiger partial charge on any atom is -0.370 e. The van der Waals surface area contributed by atoms with Crippen molar-refractivity contribution < 1.29 is 27.2 Å². The number of hydrogen-bond acceptors (Lipinski definition) is 4. The smallest absolute Gasteiger partial charge is 0.370 e. The van der Waals surface area contributed by atoms with Gasteiger partial charge in [0.1, 0.15) is 5.82 Å². The lowest BCUT2D eigenvalue weighted by atomic mass is 9.97. The Morgan fingerprint density at radius 3 is 1.93 bits per heavy atom. The molecule has 0 unspecified atom stereocenters. The standard InChI is InChI=1S/C32H23ClF4N6O2/c33-23-17-22(12-13-24(23)34)43(21-7-5-6-20(16-21)32(35,36)37)30(45)31(15-14-29(38)44,41-18-39-25-8-1-3-10-27(25)41)42-19-40-26-9-2-4-11-28(26)42/h1-13,16-19H,14-15H2,(H2,38,44). The Morgan fingerprint density at radius 2 is 1.38 bits per heavy atom. The number of rotatable bonds is 8. The van der Waals surface area contributed by atoms with Gasteiger partial charge in [-0.15, -0.1) is 0 Å². The summed E-state index contributed by atoms with van der Waals surface area (Å²) in [6, 6.07) is 21.4. The first-order valence-electron chi connectivity index (χ1n) is 13.6. The van der Waals surface area contributed by atoms with Gasteiger partial charge < -0.3 is 5.73 Å². The van der Waals surface area contributed by atoms with E-state index in [1.54, 1.807) is 57.7 Å². The zero-order valence-corrected chi connectivity index (χ0v) is 24.0. The summed E-state index contributed by atoms with van der Waals surface area (Å²) in [5.74, 6) is -2.34. The Bertz CT molecular complexity index is 2000. The molecule has 0 saturated heterocycles. The van der Waals surface area contributed by atoms with Crippen molar-refractivity contribution >= 4 is 56.9 Å². The van der Waals surface area contributed by atoms with Gasteiger partial charge in [-0.2, -0.15) is 13.2 Å². The molecule has 6 aromatic rings. The molecule has 0 aliphatic rings. The van der Waals surface area contributed by atoms with Crippen molar-refractivity contribution in [3.05, 3.63) is 120 Å². The molecule has 6 rings (SSSR count). The van der Waals surface area contributed by atoms with E-state index in [1.165, 1.54) is 24.8 Å². The molecule has 0 aliphatic carbocycles. The van der Waals surface area contributed by atoms with Crippen molar-refractivity contribution in [2.75, 3.05) is 4.90 Å². The number of nitrogens with zero attached hydrogens (tertiary/aromatic N) is 5. The normalized spacial score (nSPS) is 12.1. The van der Waals surface area contributed by atoms with Gasteiger partial charge in [0.15, 0.2) is 0 Å². The van der Waals surface area contributed by atoms with Crippen LogP contribution in [0.3, 0.4) is 0 Å². The van der Waals surface area contributed by atoms with Crippen molar-refractivity contribution in [1.82, 2.24) is 19.1 Å². The van der Waals surface area contributed by atoms with Crippen molar-refractivity contribution in [2.45, 2.75) is 24.7 Å². The first kappa shape index (κ1) is 29.8. The molecule has 0 bridgehead atoms. The number of nitrogens with two attached hydrogens (primary N) is 1. The van der Waals surface area contributed by atoms with Crippen LogP contribution in [0.4, 0.5) is 28.9 Å². The summed E-state index contributed by atoms with van der Waals surface area (Å²) in [6.45, 7) is 0. The van der Waals surface area contributed by atoms with E-state index in [4.69, 9.17) is 17.3 Å². The Morgan fingerprint density at radius 1 is 0.800 bits per heavy atom. The highest BCUT2D eigenvalue weighted by atomic mass is 35.5. The van der Waals surface area contributed by atoms with Crippen LogP contribution >= 0.6 is 11.6 Å². The van der Waals surface area contributed by atoms with Crippen LogP contribution in [0, 0.1) is 5.82 Å². The summed E-state index contributed by atoms with van der Waals surface area (Å²) in [7, 11) is 0. The molecular weight excluding hydrogens is 612 g/mol. The fourth-order valence-electron chi connectivity index (χ4n) is 5.48. The summed E-state index contributed by atoms with van der Waals surface area (Å²) in [6.07, 6.45) is -2.48. The van der Waals surface area contributed by atoms with Gasteiger partial charge in [-0.1, -0.05) is 41.9 Å². The summed E-state index contributed by atoms with van der Waals surface area (Å²) in [5, 5.41) is -0.360. The molecular formula is C32H23ClF4N6O2. The van der Waals surface area contributed by atoms with Crippen molar-refractivity contribution in [1.29, 1.82) is 0 Å². The van der Waals surface area contributed by atoms with Gasteiger partial charge in [0, 0.05) is 18.5 Å². The second kappa shape index (κ2) is 11.4. The van der Waals surface area contributed by atoms with Crippen LogP contribution in [0.25, 0.3) is 22.1 Å². The van der Waals surface area contributed by atoms with E-state index >= 15 is 4.79 Å². The second-order valence-corrected chi connectivity index (χ2v) is 10.7. The van der Waals surface area contributed by atoms with Gasteiger partial charge in [0.05, 0.1) is 51.0 Å². The van der Waals surface area contributed by atoms with Gasteiger partial charge >= 0.3 is 6.18 Å². The number of hydrogen-bond donors (Lipinski definition) is 1. The Balaban J connectivity index is 1.72. The maximum absolute atomic E-state index is 15.5. The van der Waals surface area contributed by atoms with E-state index < -0.39 is 35.0 Å². The molecule has 2 heterocycles. The van der Waals surface area contributed by atoms with Crippen LogP contribution in [0.15, 0.2) is 104 Å². The summed E-state index contributed by atoms with van der Waals surface area (Å²) >= 11 is 6.14. The third-order valence-electron chi connectivity index (χ3n) is 7.56. The van der Waals surface area contributed by atoms with Crippen LogP contribution in [0.2, 0.25) is 5.02 Å². The first-order valence-corrected chi connectivity index (χ1v) is 14.0. The quantitative estimate of drug-likeness (QED) is 0.182. The molecule has 0 saturated carbocycles. The zero-order chi connectivity index (χ0) is 31.9. The van der Waals surface area contributed by atoms with Crippen LogP contribution in [-0.2, 0) is 21.4 Å². The summed E-state index contributed by atoms with van der Waals surface area (Å²) in [4.78, 5) is 37.8.